The highest BCUT2D eigenvalue weighted by Crippen LogP contribution is 2.26. The number of aromatic nitrogens is 1. The highest BCUT2D eigenvalue weighted by atomic mass is 16.6. The van der Waals surface area contributed by atoms with E-state index in [1.807, 2.05) is 43.8 Å². The second-order valence-corrected chi connectivity index (χ2v) is 4.29. The van der Waals surface area contributed by atoms with Gasteiger partial charge in [-0.2, -0.15) is 5.01 Å². The number of rotatable bonds is 1. The topological polar surface area (TPSA) is 46.8 Å². The quantitative estimate of drug-likeness (QED) is 0.717. The van der Waals surface area contributed by atoms with Gasteiger partial charge in [-0.1, -0.05) is 0 Å². The Morgan fingerprint density at radius 3 is 2.62 bits per heavy atom. The predicted octanol–water partition coefficient (Wildman–Crippen LogP) is 1.30. The Kier molecular flexibility index (Phi) is 2.26. The molecule has 0 unspecified atom stereocenters. The molecular formula is C11H15N3O2. The second kappa shape index (κ2) is 3.37. The molecule has 1 aromatic heterocycles. The average molecular weight is 221 g/mol. The van der Waals surface area contributed by atoms with Crippen molar-refractivity contribution in [3.63, 3.8) is 0 Å². The Balaban J connectivity index is 2.37. The molecular weight excluding hydrogens is 206 g/mol. The SMILES string of the molecule is CC(=O)N1N=C(c2cccn2C)OC1(C)C. The lowest BCUT2D eigenvalue weighted by Gasteiger charge is -2.25. The molecule has 0 fully saturated rings. The van der Waals surface area contributed by atoms with Gasteiger partial charge in [-0.3, -0.25) is 4.79 Å². The number of hydrogen-bond acceptors (Lipinski definition) is 3. The smallest absolute Gasteiger partial charge is 0.257 e. The lowest BCUT2D eigenvalue weighted by atomic mass is 10.3. The molecule has 2 heterocycles. The van der Waals surface area contributed by atoms with Crippen LogP contribution in [0.5, 0.6) is 0 Å². The van der Waals surface area contributed by atoms with Crippen LogP contribution < -0.4 is 0 Å². The fraction of sp³-hybridized carbons (Fsp3) is 0.455. The maximum atomic E-state index is 11.4. The first-order valence-corrected chi connectivity index (χ1v) is 5.12. The summed E-state index contributed by atoms with van der Waals surface area (Å²) in [7, 11) is 1.91. The zero-order valence-electron chi connectivity index (χ0n) is 9.89. The molecule has 16 heavy (non-hydrogen) atoms. The van der Waals surface area contributed by atoms with Gasteiger partial charge in [0.15, 0.2) is 0 Å². The zero-order chi connectivity index (χ0) is 11.9. The van der Waals surface area contributed by atoms with E-state index in [0.717, 1.165) is 5.69 Å². The molecule has 5 heteroatoms. The van der Waals surface area contributed by atoms with E-state index in [4.69, 9.17) is 4.74 Å². The molecule has 1 aliphatic rings. The van der Waals surface area contributed by atoms with Gasteiger partial charge in [0.25, 0.3) is 5.90 Å². The first kappa shape index (κ1) is 10.7. The van der Waals surface area contributed by atoms with Crippen molar-refractivity contribution in [2.45, 2.75) is 26.5 Å². The normalized spacial score (nSPS) is 18.2. The minimum Gasteiger partial charge on any atom is -0.447 e. The standard InChI is InChI=1S/C11H15N3O2/c1-8(15)14-11(2,3)16-10(12-14)9-6-5-7-13(9)4/h5-7H,1-4H3. The summed E-state index contributed by atoms with van der Waals surface area (Å²) in [4.78, 5) is 11.4. The number of hydrogen-bond donors (Lipinski definition) is 0. The Bertz CT molecular complexity index is 460. The van der Waals surface area contributed by atoms with E-state index in [1.165, 1.54) is 11.9 Å². The highest BCUT2D eigenvalue weighted by molar-refractivity contribution is 5.95. The molecule has 1 amide bonds. The van der Waals surface area contributed by atoms with Gasteiger partial charge >= 0.3 is 0 Å². The highest BCUT2D eigenvalue weighted by Gasteiger charge is 2.39. The van der Waals surface area contributed by atoms with E-state index >= 15 is 0 Å². The number of nitrogens with zero attached hydrogens (tertiary/aromatic N) is 3. The molecule has 2 rings (SSSR count). The minimum atomic E-state index is -0.717. The van der Waals surface area contributed by atoms with Crippen LogP contribution in [-0.4, -0.2) is 27.1 Å². The van der Waals surface area contributed by atoms with E-state index in [1.54, 1.807) is 0 Å². The van der Waals surface area contributed by atoms with Crippen LogP contribution in [0.2, 0.25) is 0 Å². The van der Waals surface area contributed by atoms with Crippen molar-refractivity contribution >= 4 is 11.8 Å². The molecule has 0 aliphatic carbocycles. The van der Waals surface area contributed by atoms with E-state index in [2.05, 4.69) is 5.10 Å². The molecule has 86 valence electrons. The summed E-state index contributed by atoms with van der Waals surface area (Å²) in [6.45, 7) is 5.10. The molecule has 1 aliphatic heterocycles. The molecule has 0 saturated heterocycles. The minimum absolute atomic E-state index is 0.130. The van der Waals surface area contributed by atoms with Gasteiger partial charge in [0, 0.05) is 20.2 Å². The van der Waals surface area contributed by atoms with Crippen molar-refractivity contribution in [2.24, 2.45) is 12.1 Å². The summed E-state index contributed by atoms with van der Waals surface area (Å²) in [5.41, 5.74) is 0.141. The van der Waals surface area contributed by atoms with E-state index in [-0.39, 0.29) is 5.91 Å². The van der Waals surface area contributed by atoms with Gasteiger partial charge < -0.3 is 9.30 Å². The number of carbonyl (C=O) groups is 1. The fourth-order valence-corrected chi connectivity index (χ4v) is 1.75. The van der Waals surface area contributed by atoms with E-state index in [9.17, 15) is 4.79 Å². The van der Waals surface area contributed by atoms with Gasteiger partial charge in [0.05, 0.1) is 0 Å². The number of carbonyl (C=O) groups excluding carboxylic acids is 1. The Labute approximate surface area is 94.3 Å². The number of amides is 1. The second-order valence-electron chi connectivity index (χ2n) is 4.29. The maximum Gasteiger partial charge on any atom is 0.257 e. The van der Waals surface area contributed by atoms with Crippen molar-refractivity contribution in [2.75, 3.05) is 0 Å². The maximum absolute atomic E-state index is 11.4. The molecule has 0 radical (unpaired) electrons. The van der Waals surface area contributed by atoms with Crippen molar-refractivity contribution in [3.8, 4) is 0 Å². The first-order chi connectivity index (χ1) is 7.42. The molecule has 0 aromatic carbocycles. The third-order valence-electron chi connectivity index (χ3n) is 2.51. The molecule has 0 N–H and O–H groups in total. The van der Waals surface area contributed by atoms with Crippen molar-refractivity contribution in [1.29, 1.82) is 0 Å². The Hall–Kier alpha value is -1.78. The van der Waals surface area contributed by atoms with Crippen LogP contribution in [0.4, 0.5) is 0 Å². The fourth-order valence-electron chi connectivity index (χ4n) is 1.75. The summed E-state index contributed by atoms with van der Waals surface area (Å²) < 4.78 is 7.58. The van der Waals surface area contributed by atoms with Gasteiger partial charge in [0.2, 0.25) is 11.6 Å². The van der Waals surface area contributed by atoms with Crippen LogP contribution in [0.15, 0.2) is 23.4 Å². The van der Waals surface area contributed by atoms with Crippen LogP contribution >= 0.6 is 0 Å². The third kappa shape index (κ3) is 1.58. The van der Waals surface area contributed by atoms with Gasteiger partial charge in [-0.25, -0.2) is 0 Å². The first-order valence-electron chi connectivity index (χ1n) is 5.12. The third-order valence-corrected chi connectivity index (χ3v) is 2.51. The van der Waals surface area contributed by atoms with Crippen LogP contribution in [0.1, 0.15) is 26.5 Å². The lowest BCUT2D eigenvalue weighted by Crippen LogP contribution is -2.41. The molecule has 5 nitrogen and oxygen atoms in total. The molecule has 0 atom stereocenters. The predicted molar refractivity (Wildman–Crippen MR) is 59.6 cm³/mol. The van der Waals surface area contributed by atoms with Gasteiger partial charge in [-0.05, 0) is 26.0 Å². The van der Waals surface area contributed by atoms with E-state index in [0.29, 0.717) is 5.90 Å². The summed E-state index contributed by atoms with van der Waals surface area (Å²) in [6, 6.07) is 3.81. The van der Waals surface area contributed by atoms with Gasteiger partial charge in [0.1, 0.15) is 5.69 Å². The van der Waals surface area contributed by atoms with Crippen LogP contribution in [0.25, 0.3) is 0 Å². The summed E-state index contributed by atoms with van der Waals surface area (Å²) in [5.74, 6) is 0.349. The Morgan fingerprint density at radius 1 is 1.50 bits per heavy atom. The van der Waals surface area contributed by atoms with E-state index < -0.39 is 5.72 Å². The summed E-state index contributed by atoms with van der Waals surface area (Å²) in [6.07, 6.45) is 1.91. The number of aryl methyl sites for hydroxylation is 1. The van der Waals surface area contributed by atoms with Crippen molar-refractivity contribution in [1.82, 2.24) is 9.58 Å². The Morgan fingerprint density at radius 2 is 2.19 bits per heavy atom. The number of hydrazone groups is 1. The summed E-state index contributed by atoms with van der Waals surface area (Å²) in [5, 5.41) is 5.56. The van der Waals surface area contributed by atoms with Crippen molar-refractivity contribution < 1.29 is 9.53 Å². The number of ether oxygens (including phenoxy) is 1. The average Bonchev–Trinajstić information content (AvgIpc) is 2.68. The molecule has 1 aromatic rings. The molecule has 0 saturated carbocycles. The zero-order valence-corrected chi connectivity index (χ0v) is 9.89. The van der Waals surface area contributed by atoms with Gasteiger partial charge in [-0.15, -0.1) is 5.10 Å². The monoisotopic (exact) mass is 221 g/mol. The molecule has 0 bridgehead atoms. The largest absolute Gasteiger partial charge is 0.447 e. The van der Waals surface area contributed by atoms with Crippen LogP contribution in [-0.2, 0) is 16.6 Å². The van der Waals surface area contributed by atoms with Crippen molar-refractivity contribution in [3.05, 3.63) is 24.0 Å². The van der Waals surface area contributed by atoms with Crippen LogP contribution in [0, 0.1) is 0 Å². The van der Waals surface area contributed by atoms with Crippen LogP contribution in [0.3, 0.4) is 0 Å². The summed E-state index contributed by atoms with van der Waals surface area (Å²) >= 11 is 0. The molecule has 0 spiro atoms. The lowest BCUT2D eigenvalue weighted by molar-refractivity contribution is -0.142.